The van der Waals surface area contributed by atoms with Crippen molar-refractivity contribution in [2.75, 3.05) is 25.5 Å². The maximum atomic E-state index is 12.0. The number of benzene rings is 1. The Bertz CT molecular complexity index is 456. The minimum atomic E-state index is 0.0284. The number of rotatable bonds is 5. The van der Waals surface area contributed by atoms with Crippen LogP contribution in [0.4, 0.5) is 0 Å². The van der Waals surface area contributed by atoms with Crippen molar-refractivity contribution in [3.8, 4) is 0 Å². The van der Waals surface area contributed by atoms with Gasteiger partial charge in [0, 0.05) is 36.3 Å². The zero-order chi connectivity index (χ0) is 14.4. The van der Waals surface area contributed by atoms with Gasteiger partial charge in [-0.1, -0.05) is 6.07 Å². The Kier molecular flexibility index (Phi) is 5.92. The van der Waals surface area contributed by atoms with Crippen LogP contribution in [0.3, 0.4) is 0 Å². The number of thioether (sulfide) groups is 1. The third kappa shape index (κ3) is 4.53. The topological polar surface area (TPSA) is 38.3 Å². The first kappa shape index (κ1) is 15.4. The summed E-state index contributed by atoms with van der Waals surface area (Å²) in [5.41, 5.74) is 3.13. The van der Waals surface area contributed by atoms with E-state index in [1.807, 2.05) is 36.9 Å². The zero-order valence-corrected chi connectivity index (χ0v) is 13.1. The highest BCUT2D eigenvalue weighted by atomic mass is 32.2. The van der Waals surface area contributed by atoms with Gasteiger partial charge in [0.25, 0.3) is 5.91 Å². The van der Waals surface area contributed by atoms with Gasteiger partial charge in [0.05, 0.1) is 0 Å². The van der Waals surface area contributed by atoms with Gasteiger partial charge in [0.15, 0.2) is 0 Å². The molecule has 1 aliphatic heterocycles. The average molecular weight is 293 g/mol. The van der Waals surface area contributed by atoms with E-state index in [1.165, 1.54) is 5.56 Å². The third-order valence-electron chi connectivity index (χ3n) is 3.68. The first-order chi connectivity index (χ1) is 9.66. The summed E-state index contributed by atoms with van der Waals surface area (Å²) in [5, 5.41) is 3.69. The molecule has 1 aromatic rings. The molecule has 0 spiro atoms. The molecule has 1 saturated heterocycles. The van der Waals surface area contributed by atoms with E-state index in [2.05, 4.69) is 12.2 Å². The minimum absolute atomic E-state index is 0.0284. The van der Waals surface area contributed by atoms with Gasteiger partial charge in [-0.15, -0.1) is 0 Å². The Balaban J connectivity index is 1.70. The van der Waals surface area contributed by atoms with Gasteiger partial charge < -0.3 is 10.1 Å². The number of nitrogens with one attached hydrogen (secondary N) is 1. The fourth-order valence-corrected chi connectivity index (χ4v) is 3.30. The van der Waals surface area contributed by atoms with Gasteiger partial charge in [0.2, 0.25) is 0 Å². The summed E-state index contributed by atoms with van der Waals surface area (Å²) >= 11 is 1.95. The summed E-state index contributed by atoms with van der Waals surface area (Å²) in [7, 11) is 0. The van der Waals surface area contributed by atoms with Crippen molar-refractivity contribution in [2.24, 2.45) is 0 Å². The van der Waals surface area contributed by atoms with E-state index in [1.54, 1.807) is 0 Å². The van der Waals surface area contributed by atoms with Crippen molar-refractivity contribution in [3.05, 3.63) is 34.9 Å². The molecule has 0 radical (unpaired) electrons. The molecule has 20 heavy (non-hydrogen) atoms. The summed E-state index contributed by atoms with van der Waals surface area (Å²) in [5.74, 6) is 1.00. The number of amides is 1. The number of ether oxygens (including phenoxy) is 1. The number of hydrogen-bond acceptors (Lipinski definition) is 3. The summed E-state index contributed by atoms with van der Waals surface area (Å²) in [6.07, 6.45) is 2.27. The van der Waals surface area contributed by atoms with Gasteiger partial charge in [-0.3, -0.25) is 4.79 Å². The van der Waals surface area contributed by atoms with Crippen LogP contribution in [0.2, 0.25) is 0 Å². The molecule has 3 nitrogen and oxygen atoms in total. The number of aryl methyl sites for hydroxylation is 2. The molecule has 1 aliphatic rings. The largest absolute Gasteiger partial charge is 0.381 e. The molecule has 0 unspecified atom stereocenters. The monoisotopic (exact) mass is 293 g/mol. The molecular formula is C16H23NO2S. The fourth-order valence-electron chi connectivity index (χ4n) is 2.22. The van der Waals surface area contributed by atoms with E-state index in [4.69, 9.17) is 4.74 Å². The lowest BCUT2D eigenvalue weighted by Crippen LogP contribution is -2.27. The average Bonchev–Trinajstić information content (AvgIpc) is 2.47. The van der Waals surface area contributed by atoms with Crippen LogP contribution < -0.4 is 5.32 Å². The predicted octanol–water partition coefficient (Wildman–Crippen LogP) is 2.95. The quantitative estimate of drug-likeness (QED) is 0.848. The Morgan fingerprint density at radius 1 is 1.30 bits per heavy atom. The SMILES string of the molecule is Cc1ccc(C(=O)NCCSC2CCOCC2)cc1C. The van der Waals surface area contributed by atoms with Gasteiger partial charge in [-0.05, 0) is 49.9 Å². The first-order valence-corrected chi connectivity index (χ1v) is 8.26. The van der Waals surface area contributed by atoms with E-state index < -0.39 is 0 Å². The normalized spacial score (nSPS) is 16.1. The van der Waals surface area contributed by atoms with Crippen LogP contribution in [0, 0.1) is 13.8 Å². The first-order valence-electron chi connectivity index (χ1n) is 7.21. The molecule has 110 valence electrons. The Morgan fingerprint density at radius 3 is 2.75 bits per heavy atom. The smallest absolute Gasteiger partial charge is 0.251 e. The molecule has 2 rings (SSSR count). The molecule has 4 heteroatoms. The highest BCUT2D eigenvalue weighted by Gasteiger charge is 2.13. The molecule has 1 heterocycles. The minimum Gasteiger partial charge on any atom is -0.381 e. The van der Waals surface area contributed by atoms with Crippen molar-refractivity contribution in [1.29, 1.82) is 0 Å². The summed E-state index contributed by atoms with van der Waals surface area (Å²) in [4.78, 5) is 12.0. The molecule has 0 aliphatic carbocycles. The molecule has 1 N–H and O–H groups in total. The fraction of sp³-hybridized carbons (Fsp3) is 0.562. The van der Waals surface area contributed by atoms with Crippen LogP contribution in [0.25, 0.3) is 0 Å². The van der Waals surface area contributed by atoms with Crippen LogP contribution in [0.15, 0.2) is 18.2 Å². The van der Waals surface area contributed by atoms with Crippen molar-refractivity contribution in [1.82, 2.24) is 5.32 Å². The molecular weight excluding hydrogens is 270 g/mol. The lowest BCUT2D eigenvalue weighted by atomic mass is 10.1. The maximum Gasteiger partial charge on any atom is 0.251 e. The van der Waals surface area contributed by atoms with Crippen molar-refractivity contribution in [2.45, 2.75) is 31.9 Å². The van der Waals surface area contributed by atoms with Crippen molar-refractivity contribution in [3.63, 3.8) is 0 Å². The van der Waals surface area contributed by atoms with Crippen LogP contribution >= 0.6 is 11.8 Å². The van der Waals surface area contributed by atoms with Crippen molar-refractivity contribution >= 4 is 17.7 Å². The van der Waals surface area contributed by atoms with Crippen LogP contribution in [0.5, 0.6) is 0 Å². The molecule has 0 atom stereocenters. The van der Waals surface area contributed by atoms with Crippen LogP contribution in [-0.2, 0) is 4.74 Å². The zero-order valence-electron chi connectivity index (χ0n) is 12.3. The van der Waals surface area contributed by atoms with Crippen LogP contribution in [-0.4, -0.2) is 36.7 Å². The second-order valence-electron chi connectivity index (χ2n) is 5.24. The number of carbonyl (C=O) groups excluding carboxylic acids is 1. The Labute approximate surface area is 125 Å². The Morgan fingerprint density at radius 2 is 2.05 bits per heavy atom. The molecule has 1 amide bonds. The van der Waals surface area contributed by atoms with Gasteiger partial charge in [-0.2, -0.15) is 11.8 Å². The third-order valence-corrected chi connectivity index (χ3v) is 5.06. The van der Waals surface area contributed by atoms with E-state index in [9.17, 15) is 4.79 Å². The van der Waals surface area contributed by atoms with E-state index in [0.29, 0.717) is 5.25 Å². The van der Waals surface area contributed by atoms with Crippen LogP contribution in [0.1, 0.15) is 34.3 Å². The van der Waals surface area contributed by atoms with Gasteiger partial charge >= 0.3 is 0 Å². The highest BCUT2D eigenvalue weighted by Crippen LogP contribution is 2.21. The lowest BCUT2D eigenvalue weighted by Gasteiger charge is -2.21. The van der Waals surface area contributed by atoms with E-state index in [-0.39, 0.29) is 5.91 Å². The summed E-state index contributed by atoms with van der Waals surface area (Å²) < 4.78 is 5.34. The molecule has 0 aromatic heterocycles. The predicted molar refractivity (Wildman–Crippen MR) is 84.5 cm³/mol. The van der Waals surface area contributed by atoms with Gasteiger partial charge in [0.1, 0.15) is 0 Å². The highest BCUT2D eigenvalue weighted by molar-refractivity contribution is 7.99. The van der Waals surface area contributed by atoms with Crippen molar-refractivity contribution < 1.29 is 9.53 Å². The molecule has 0 bridgehead atoms. The molecule has 1 aromatic carbocycles. The summed E-state index contributed by atoms with van der Waals surface area (Å²) in [6, 6.07) is 5.85. The maximum absolute atomic E-state index is 12.0. The number of hydrogen-bond donors (Lipinski definition) is 1. The number of carbonyl (C=O) groups is 1. The standard InChI is InChI=1S/C16H23NO2S/c1-12-3-4-14(11-13(12)2)16(18)17-7-10-20-15-5-8-19-9-6-15/h3-4,11,15H,5-10H2,1-2H3,(H,17,18). The van der Waals surface area contributed by atoms with E-state index in [0.717, 1.165) is 49.5 Å². The van der Waals surface area contributed by atoms with E-state index >= 15 is 0 Å². The Hall–Kier alpha value is -1.00. The molecule has 1 fully saturated rings. The van der Waals surface area contributed by atoms with Gasteiger partial charge in [-0.25, -0.2) is 0 Å². The summed E-state index contributed by atoms with van der Waals surface area (Å²) in [6.45, 7) is 6.59. The molecule has 0 saturated carbocycles. The second-order valence-corrected chi connectivity index (χ2v) is 6.65. The lowest BCUT2D eigenvalue weighted by molar-refractivity contribution is 0.0955. The second kappa shape index (κ2) is 7.70.